The van der Waals surface area contributed by atoms with E-state index in [9.17, 15) is 4.39 Å². The summed E-state index contributed by atoms with van der Waals surface area (Å²) in [4.78, 5) is 4.34. The summed E-state index contributed by atoms with van der Waals surface area (Å²) in [5.74, 6) is -0.263. The van der Waals surface area contributed by atoms with Crippen molar-refractivity contribution in [2.45, 2.75) is 13.5 Å². The molecule has 88 valence electrons. The Kier molecular flexibility index (Phi) is 3.74. The molecule has 1 N–H and O–H groups in total. The second-order valence-corrected chi connectivity index (χ2v) is 4.66. The van der Waals surface area contributed by atoms with Gasteiger partial charge in [0.05, 0.1) is 17.9 Å². The van der Waals surface area contributed by atoms with Crippen LogP contribution in [0.4, 0.5) is 10.1 Å². The van der Waals surface area contributed by atoms with E-state index < -0.39 is 0 Å². The number of rotatable bonds is 3. The first-order valence-corrected chi connectivity index (χ1v) is 6.06. The standard InChI is InChI=1S/C13H12BrFN2/c1-9-3-2-4-11(17-9)8-16-13-7-10(14)5-6-12(13)15/h2-7,16H,8H2,1H3. The highest BCUT2D eigenvalue weighted by Crippen LogP contribution is 2.20. The number of hydrogen-bond donors (Lipinski definition) is 1. The van der Waals surface area contributed by atoms with Crippen LogP contribution in [0.2, 0.25) is 0 Å². The van der Waals surface area contributed by atoms with Gasteiger partial charge in [0.25, 0.3) is 0 Å². The van der Waals surface area contributed by atoms with Crippen LogP contribution in [0.3, 0.4) is 0 Å². The Hall–Kier alpha value is -1.42. The van der Waals surface area contributed by atoms with Crippen LogP contribution in [0, 0.1) is 12.7 Å². The molecule has 1 aromatic heterocycles. The largest absolute Gasteiger partial charge is 0.377 e. The number of hydrogen-bond acceptors (Lipinski definition) is 2. The minimum Gasteiger partial charge on any atom is -0.377 e. The van der Waals surface area contributed by atoms with Gasteiger partial charge in [-0.1, -0.05) is 22.0 Å². The van der Waals surface area contributed by atoms with E-state index >= 15 is 0 Å². The molecule has 0 unspecified atom stereocenters. The summed E-state index contributed by atoms with van der Waals surface area (Å²) < 4.78 is 14.3. The number of aromatic nitrogens is 1. The molecule has 0 aliphatic carbocycles. The van der Waals surface area contributed by atoms with E-state index in [0.717, 1.165) is 15.9 Å². The molecule has 1 aromatic carbocycles. The van der Waals surface area contributed by atoms with Gasteiger partial charge in [-0.2, -0.15) is 0 Å². The van der Waals surface area contributed by atoms with Crippen molar-refractivity contribution >= 4 is 21.6 Å². The summed E-state index contributed by atoms with van der Waals surface area (Å²) in [5.41, 5.74) is 2.33. The van der Waals surface area contributed by atoms with Crippen LogP contribution >= 0.6 is 15.9 Å². The van der Waals surface area contributed by atoms with Crippen molar-refractivity contribution in [2.75, 3.05) is 5.32 Å². The number of halogens is 2. The first kappa shape index (κ1) is 12.0. The highest BCUT2D eigenvalue weighted by Gasteiger charge is 2.02. The SMILES string of the molecule is Cc1cccc(CNc2cc(Br)ccc2F)n1. The molecule has 1 heterocycles. The van der Waals surface area contributed by atoms with Crippen LogP contribution < -0.4 is 5.32 Å². The predicted octanol–water partition coefficient (Wildman–Crippen LogP) is 3.90. The molecule has 0 bridgehead atoms. The zero-order chi connectivity index (χ0) is 12.3. The normalized spacial score (nSPS) is 10.3. The van der Waals surface area contributed by atoms with Gasteiger partial charge in [-0.15, -0.1) is 0 Å². The molecule has 2 aromatic rings. The van der Waals surface area contributed by atoms with E-state index in [1.807, 2.05) is 25.1 Å². The Bertz CT molecular complexity index is 529. The zero-order valence-corrected chi connectivity index (χ0v) is 11.0. The van der Waals surface area contributed by atoms with Crippen LogP contribution in [0.1, 0.15) is 11.4 Å². The zero-order valence-electron chi connectivity index (χ0n) is 9.37. The van der Waals surface area contributed by atoms with Crippen molar-refractivity contribution in [1.82, 2.24) is 4.98 Å². The van der Waals surface area contributed by atoms with E-state index in [-0.39, 0.29) is 5.82 Å². The molecule has 4 heteroatoms. The molecule has 0 atom stereocenters. The summed E-state index contributed by atoms with van der Waals surface area (Å²) in [7, 11) is 0. The van der Waals surface area contributed by atoms with Crippen molar-refractivity contribution in [3.63, 3.8) is 0 Å². The Morgan fingerprint density at radius 3 is 2.88 bits per heavy atom. The highest BCUT2D eigenvalue weighted by molar-refractivity contribution is 9.10. The molecule has 0 radical (unpaired) electrons. The summed E-state index contributed by atoms with van der Waals surface area (Å²) in [6, 6.07) is 10.6. The predicted molar refractivity (Wildman–Crippen MR) is 70.4 cm³/mol. The van der Waals surface area contributed by atoms with E-state index in [1.165, 1.54) is 6.07 Å². The Morgan fingerprint density at radius 1 is 1.29 bits per heavy atom. The van der Waals surface area contributed by atoms with Gasteiger partial charge >= 0.3 is 0 Å². The second-order valence-electron chi connectivity index (χ2n) is 3.75. The summed E-state index contributed by atoms with van der Waals surface area (Å²) in [6.07, 6.45) is 0. The quantitative estimate of drug-likeness (QED) is 0.928. The monoisotopic (exact) mass is 294 g/mol. The number of benzene rings is 1. The fourth-order valence-electron chi connectivity index (χ4n) is 1.52. The van der Waals surface area contributed by atoms with Gasteiger partial charge < -0.3 is 5.32 Å². The van der Waals surface area contributed by atoms with Crippen LogP contribution in [0.25, 0.3) is 0 Å². The van der Waals surface area contributed by atoms with E-state index in [0.29, 0.717) is 12.2 Å². The van der Waals surface area contributed by atoms with Crippen molar-refractivity contribution in [2.24, 2.45) is 0 Å². The number of nitrogens with zero attached hydrogens (tertiary/aromatic N) is 1. The highest BCUT2D eigenvalue weighted by atomic mass is 79.9. The van der Waals surface area contributed by atoms with E-state index in [1.54, 1.807) is 12.1 Å². The second kappa shape index (κ2) is 5.27. The fraction of sp³-hybridized carbons (Fsp3) is 0.154. The van der Waals surface area contributed by atoms with Gasteiger partial charge in [-0.3, -0.25) is 4.98 Å². The molecule has 17 heavy (non-hydrogen) atoms. The van der Waals surface area contributed by atoms with Crippen molar-refractivity contribution in [3.8, 4) is 0 Å². The minimum absolute atomic E-state index is 0.263. The number of anilines is 1. The van der Waals surface area contributed by atoms with Crippen LogP contribution in [0.15, 0.2) is 40.9 Å². The molecule has 0 saturated heterocycles. The topological polar surface area (TPSA) is 24.9 Å². The number of nitrogens with one attached hydrogen (secondary N) is 1. The molecule has 0 fully saturated rings. The lowest BCUT2D eigenvalue weighted by Gasteiger charge is -2.08. The maximum atomic E-state index is 13.4. The van der Waals surface area contributed by atoms with Gasteiger partial charge in [-0.25, -0.2) is 4.39 Å². The van der Waals surface area contributed by atoms with Crippen molar-refractivity contribution < 1.29 is 4.39 Å². The van der Waals surface area contributed by atoms with Gasteiger partial charge in [0.2, 0.25) is 0 Å². The molecular formula is C13H12BrFN2. The van der Waals surface area contributed by atoms with Crippen LogP contribution in [-0.4, -0.2) is 4.98 Å². The summed E-state index contributed by atoms with van der Waals surface area (Å²) in [6.45, 7) is 2.44. The lowest BCUT2D eigenvalue weighted by Crippen LogP contribution is -2.03. The third kappa shape index (κ3) is 3.27. The van der Waals surface area contributed by atoms with Gasteiger partial charge in [0, 0.05) is 10.2 Å². The van der Waals surface area contributed by atoms with Crippen molar-refractivity contribution in [1.29, 1.82) is 0 Å². The first-order chi connectivity index (χ1) is 8.15. The maximum absolute atomic E-state index is 13.4. The van der Waals surface area contributed by atoms with Gasteiger partial charge in [0.15, 0.2) is 0 Å². The summed E-state index contributed by atoms with van der Waals surface area (Å²) in [5, 5.41) is 3.03. The maximum Gasteiger partial charge on any atom is 0.146 e. The molecule has 0 amide bonds. The molecule has 2 nitrogen and oxygen atoms in total. The van der Waals surface area contributed by atoms with Gasteiger partial charge in [0.1, 0.15) is 5.82 Å². The molecule has 0 aliphatic rings. The molecule has 0 spiro atoms. The molecular weight excluding hydrogens is 283 g/mol. The number of aryl methyl sites for hydroxylation is 1. The van der Waals surface area contributed by atoms with E-state index in [2.05, 4.69) is 26.2 Å². The van der Waals surface area contributed by atoms with Crippen LogP contribution in [-0.2, 0) is 6.54 Å². The van der Waals surface area contributed by atoms with Gasteiger partial charge in [-0.05, 0) is 37.3 Å². The molecule has 0 aliphatic heterocycles. The fourth-order valence-corrected chi connectivity index (χ4v) is 1.88. The Labute approximate surface area is 108 Å². The minimum atomic E-state index is -0.263. The number of pyridine rings is 1. The van der Waals surface area contributed by atoms with E-state index in [4.69, 9.17) is 0 Å². The van der Waals surface area contributed by atoms with Crippen molar-refractivity contribution in [3.05, 3.63) is 58.1 Å². The Balaban J connectivity index is 2.09. The third-order valence-electron chi connectivity index (χ3n) is 2.33. The average Bonchev–Trinajstić information content (AvgIpc) is 2.30. The average molecular weight is 295 g/mol. The lowest BCUT2D eigenvalue weighted by molar-refractivity contribution is 0.629. The third-order valence-corrected chi connectivity index (χ3v) is 2.83. The summed E-state index contributed by atoms with van der Waals surface area (Å²) >= 11 is 3.31. The smallest absolute Gasteiger partial charge is 0.146 e. The Morgan fingerprint density at radius 2 is 2.12 bits per heavy atom. The lowest BCUT2D eigenvalue weighted by atomic mass is 10.2. The molecule has 0 saturated carbocycles. The van der Waals surface area contributed by atoms with Crippen LogP contribution in [0.5, 0.6) is 0 Å². The molecule has 2 rings (SSSR count). The first-order valence-electron chi connectivity index (χ1n) is 5.26.